The summed E-state index contributed by atoms with van der Waals surface area (Å²) in [6, 6.07) is 37.6. The fourth-order valence-electron chi connectivity index (χ4n) is 5.58. The number of hydrogen-bond donors (Lipinski definition) is 2. The number of ether oxygens (including phenoxy) is 1. The Kier molecular flexibility index (Phi) is 10.7. The van der Waals surface area contributed by atoms with Crippen LogP contribution in [0.15, 0.2) is 140 Å². The predicted molar refractivity (Wildman–Crippen MR) is 209 cm³/mol. The van der Waals surface area contributed by atoms with Gasteiger partial charge in [-0.15, -0.1) is 5.10 Å². The molecule has 5 aromatic heterocycles. The Morgan fingerprint density at radius 3 is 1.87 bits per heavy atom. The highest BCUT2D eigenvalue weighted by Crippen LogP contribution is 2.32. The van der Waals surface area contributed by atoms with E-state index < -0.39 is 0 Å². The average molecular weight is 717 g/mol. The van der Waals surface area contributed by atoms with Crippen molar-refractivity contribution >= 4 is 34.3 Å². The molecule has 0 saturated heterocycles. The molecule has 0 saturated carbocycles. The monoisotopic (exact) mass is 716 g/mol. The van der Waals surface area contributed by atoms with Gasteiger partial charge in [-0.3, -0.25) is 0 Å². The summed E-state index contributed by atoms with van der Waals surface area (Å²) < 4.78 is 6.16. The van der Waals surface area contributed by atoms with Crippen LogP contribution >= 0.6 is 11.6 Å². The lowest BCUT2D eigenvalue weighted by Crippen LogP contribution is -2.00. The van der Waals surface area contributed by atoms with Crippen LogP contribution in [0.25, 0.3) is 44.5 Å². The Morgan fingerprint density at radius 1 is 0.566 bits per heavy atom. The third-order valence-corrected chi connectivity index (χ3v) is 8.46. The molecule has 0 aliphatic rings. The van der Waals surface area contributed by atoms with E-state index in [2.05, 4.69) is 75.0 Å². The lowest BCUT2D eigenvalue weighted by atomic mass is 10.0. The Labute approximate surface area is 311 Å². The molecule has 0 aliphatic heterocycles. The van der Waals surface area contributed by atoms with Crippen LogP contribution in [0.2, 0.25) is 5.15 Å². The van der Waals surface area contributed by atoms with E-state index in [1.165, 1.54) is 0 Å². The summed E-state index contributed by atoms with van der Waals surface area (Å²) in [6.45, 7) is 0. The number of fused-ring (bicyclic) bond motifs is 1. The Bertz CT molecular complexity index is 2460. The van der Waals surface area contributed by atoms with Crippen molar-refractivity contribution in [2.45, 2.75) is 6.42 Å². The molecule has 0 radical (unpaired) electrons. The molecular weight excluding hydrogens is 684 g/mol. The number of nitrogens with zero attached hydrogens (tertiary/aromatic N) is 8. The Hall–Kier alpha value is -6.85. The molecular formula is C41H33ClN10O. The summed E-state index contributed by atoms with van der Waals surface area (Å²) in [5, 5.41) is 17.7. The SMILES string of the molecule is CNc1nccc(-c2cccnc2Cl)n1.CNc1nccc(-c2cccnc2Oc2ccc(Cc3nnc(-c4ccccc4)c4ccccc34)cc2)n1. The van der Waals surface area contributed by atoms with Crippen LogP contribution in [-0.4, -0.2) is 54.2 Å². The fraction of sp³-hybridized carbons (Fsp3) is 0.0732. The summed E-state index contributed by atoms with van der Waals surface area (Å²) in [4.78, 5) is 25.4. The topological polar surface area (TPSA) is 136 Å². The first-order chi connectivity index (χ1) is 26.1. The van der Waals surface area contributed by atoms with Gasteiger partial charge in [0.15, 0.2) is 0 Å². The summed E-state index contributed by atoms with van der Waals surface area (Å²) in [5.74, 6) is 2.27. The zero-order valence-electron chi connectivity index (χ0n) is 28.9. The van der Waals surface area contributed by atoms with E-state index in [1.807, 2.05) is 84.9 Å². The van der Waals surface area contributed by atoms with Gasteiger partial charge >= 0.3 is 0 Å². The van der Waals surface area contributed by atoms with Gasteiger partial charge in [-0.05, 0) is 54.1 Å². The Morgan fingerprint density at radius 2 is 1.19 bits per heavy atom. The van der Waals surface area contributed by atoms with Gasteiger partial charge in [0.25, 0.3) is 0 Å². The van der Waals surface area contributed by atoms with Crippen LogP contribution in [-0.2, 0) is 6.42 Å². The minimum absolute atomic E-state index is 0.443. The van der Waals surface area contributed by atoms with Crippen LogP contribution in [0.1, 0.15) is 11.3 Å². The quantitative estimate of drug-likeness (QED) is 0.139. The van der Waals surface area contributed by atoms with Crippen molar-refractivity contribution in [3.63, 3.8) is 0 Å². The second-order valence-corrected chi connectivity index (χ2v) is 11.9. The van der Waals surface area contributed by atoms with E-state index in [9.17, 15) is 0 Å². The highest BCUT2D eigenvalue weighted by Gasteiger charge is 2.13. The third-order valence-electron chi connectivity index (χ3n) is 8.16. The minimum Gasteiger partial charge on any atom is -0.438 e. The van der Waals surface area contributed by atoms with Crippen LogP contribution < -0.4 is 15.4 Å². The molecule has 0 bridgehead atoms. The van der Waals surface area contributed by atoms with Crippen molar-refractivity contribution in [3.8, 4) is 45.4 Å². The second kappa shape index (κ2) is 16.4. The summed E-state index contributed by atoms with van der Waals surface area (Å²) in [7, 11) is 3.55. The van der Waals surface area contributed by atoms with Gasteiger partial charge in [0.2, 0.25) is 17.8 Å². The van der Waals surface area contributed by atoms with E-state index in [0.717, 1.165) is 55.8 Å². The molecule has 8 rings (SSSR count). The van der Waals surface area contributed by atoms with Gasteiger partial charge < -0.3 is 15.4 Å². The first kappa shape index (κ1) is 34.6. The molecule has 0 unspecified atom stereocenters. The maximum atomic E-state index is 6.16. The van der Waals surface area contributed by atoms with E-state index in [1.54, 1.807) is 44.9 Å². The number of aromatic nitrogens is 8. The average Bonchev–Trinajstić information content (AvgIpc) is 3.22. The summed E-state index contributed by atoms with van der Waals surface area (Å²) in [5.41, 5.74) is 7.08. The maximum Gasteiger partial charge on any atom is 0.228 e. The molecule has 5 heterocycles. The highest BCUT2D eigenvalue weighted by atomic mass is 35.5. The molecule has 0 spiro atoms. The van der Waals surface area contributed by atoms with E-state index in [0.29, 0.717) is 35.1 Å². The molecule has 0 fully saturated rings. The summed E-state index contributed by atoms with van der Waals surface area (Å²) in [6.07, 6.45) is 7.39. The third kappa shape index (κ3) is 8.22. The molecule has 12 heteroatoms. The van der Waals surface area contributed by atoms with Gasteiger partial charge in [-0.2, -0.15) is 5.10 Å². The number of halogens is 1. The van der Waals surface area contributed by atoms with Crippen molar-refractivity contribution in [2.24, 2.45) is 0 Å². The first-order valence-corrected chi connectivity index (χ1v) is 17.1. The van der Waals surface area contributed by atoms with E-state index in [4.69, 9.17) is 16.3 Å². The van der Waals surface area contributed by atoms with E-state index in [-0.39, 0.29) is 0 Å². The van der Waals surface area contributed by atoms with Gasteiger partial charge in [0.1, 0.15) is 16.6 Å². The Balaban J connectivity index is 0.000000242. The van der Waals surface area contributed by atoms with Crippen molar-refractivity contribution < 1.29 is 4.74 Å². The fourth-order valence-corrected chi connectivity index (χ4v) is 5.80. The largest absolute Gasteiger partial charge is 0.438 e. The van der Waals surface area contributed by atoms with Crippen molar-refractivity contribution in [2.75, 3.05) is 24.7 Å². The van der Waals surface area contributed by atoms with Crippen LogP contribution in [0.4, 0.5) is 11.9 Å². The normalized spacial score (nSPS) is 10.6. The molecule has 8 aromatic rings. The second-order valence-electron chi connectivity index (χ2n) is 11.6. The first-order valence-electron chi connectivity index (χ1n) is 16.7. The zero-order valence-corrected chi connectivity index (χ0v) is 29.6. The number of pyridine rings is 2. The predicted octanol–water partition coefficient (Wildman–Crippen LogP) is 8.81. The molecule has 11 nitrogen and oxygen atoms in total. The van der Waals surface area contributed by atoms with E-state index >= 15 is 0 Å². The van der Waals surface area contributed by atoms with Crippen LogP contribution in [0.3, 0.4) is 0 Å². The summed E-state index contributed by atoms with van der Waals surface area (Å²) >= 11 is 5.96. The van der Waals surface area contributed by atoms with Crippen molar-refractivity contribution in [1.29, 1.82) is 0 Å². The van der Waals surface area contributed by atoms with Gasteiger partial charge in [0, 0.05) is 67.2 Å². The smallest absolute Gasteiger partial charge is 0.228 e. The van der Waals surface area contributed by atoms with Gasteiger partial charge in [-0.1, -0.05) is 78.3 Å². The highest BCUT2D eigenvalue weighted by molar-refractivity contribution is 6.32. The van der Waals surface area contributed by atoms with Crippen LogP contribution in [0, 0.1) is 0 Å². The molecule has 53 heavy (non-hydrogen) atoms. The molecule has 3 aromatic carbocycles. The molecule has 0 amide bonds. The van der Waals surface area contributed by atoms with Crippen molar-refractivity contribution in [1.82, 2.24) is 40.1 Å². The number of rotatable bonds is 9. The minimum atomic E-state index is 0.443. The lowest BCUT2D eigenvalue weighted by Gasteiger charge is -2.11. The van der Waals surface area contributed by atoms with Crippen LogP contribution in [0.5, 0.6) is 11.6 Å². The number of hydrogen-bond acceptors (Lipinski definition) is 11. The molecule has 2 N–H and O–H groups in total. The van der Waals surface area contributed by atoms with Gasteiger partial charge in [0.05, 0.1) is 22.6 Å². The molecule has 260 valence electrons. The molecule has 0 aliphatic carbocycles. The maximum absolute atomic E-state index is 6.16. The number of benzene rings is 3. The standard InChI is InChI=1S/C31H24N6O.C10H9ClN4/c1-32-31-34-19-17-27(35-31)26-12-7-18-33-30(26)38-23-15-13-21(14-16-23)20-28-24-10-5-6-11-25(24)29(37-36-28)22-8-3-2-4-9-22;1-12-10-14-6-4-8(15-10)7-3-2-5-13-9(7)11/h2-19H,20H2,1H3,(H,32,34,35);2-6H,1H3,(H,12,14,15). The number of nitrogens with one attached hydrogen (secondary N) is 2. The zero-order chi connectivity index (χ0) is 36.4. The van der Waals surface area contributed by atoms with Crippen molar-refractivity contribution in [3.05, 3.63) is 156 Å². The lowest BCUT2D eigenvalue weighted by molar-refractivity contribution is 0.464. The molecule has 0 atom stereocenters. The number of anilines is 2. The van der Waals surface area contributed by atoms with Gasteiger partial charge in [-0.25, -0.2) is 29.9 Å².